The number of hydrogen-bond acceptors (Lipinski definition) is 6. The number of nitrogens with one attached hydrogen (secondary N) is 1. The molecular weight excluding hydrogens is 419 g/mol. The lowest BCUT2D eigenvalue weighted by Gasteiger charge is -2.31. The Kier molecular flexibility index (Phi) is 7.47. The van der Waals surface area contributed by atoms with Gasteiger partial charge in [0.2, 0.25) is 15.9 Å². The number of amides is 1. The first-order valence-corrected chi connectivity index (χ1v) is 10.3. The first-order valence-electron chi connectivity index (χ1n) is 8.15. The maximum atomic E-state index is 12.8. The Morgan fingerprint density at radius 3 is 2.52 bits per heavy atom. The number of carbonyl (C=O) groups is 2. The third kappa shape index (κ3) is 5.11. The Morgan fingerprint density at radius 2 is 1.96 bits per heavy atom. The van der Waals surface area contributed by atoms with Crippen LogP contribution in [0.25, 0.3) is 0 Å². The maximum absolute atomic E-state index is 12.8. The first-order chi connectivity index (χ1) is 12.7. The molecule has 0 spiro atoms. The molecule has 1 aliphatic heterocycles. The van der Waals surface area contributed by atoms with E-state index in [9.17, 15) is 23.1 Å². The van der Waals surface area contributed by atoms with Gasteiger partial charge in [0.15, 0.2) is 6.04 Å². The van der Waals surface area contributed by atoms with E-state index in [2.05, 4.69) is 10.1 Å². The van der Waals surface area contributed by atoms with Gasteiger partial charge in [0.1, 0.15) is 4.90 Å². The van der Waals surface area contributed by atoms with Crippen molar-refractivity contribution >= 4 is 45.1 Å². The maximum Gasteiger partial charge on any atom is 0.330 e. The lowest BCUT2D eigenvalue weighted by molar-refractivity contribution is -0.146. The van der Waals surface area contributed by atoms with Crippen LogP contribution >= 0.6 is 23.2 Å². The summed E-state index contributed by atoms with van der Waals surface area (Å²) >= 11 is 11.9. The van der Waals surface area contributed by atoms with E-state index in [1.165, 1.54) is 22.5 Å². The third-order valence-corrected chi connectivity index (χ3v) is 6.94. The number of methoxy groups -OCH3 is 1. The highest BCUT2D eigenvalue weighted by molar-refractivity contribution is 7.89. The second-order valence-corrected chi connectivity index (χ2v) is 8.77. The fourth-order valence-electron chi connectivity index (χ4n) is 2.78. The van der Waals surface area contributed by atoms with E-state index in [-0.39, 0.29) is 40.9 Å². The van der Waals surface area contributed by atoms with Crippen LogP contribution in [0.2, 0.25) is 10.0 Å². The Hall–Kier alpha value is -1.39. The molecule has 0 bridgehead atoms. The summed E-state index contributed by atoms with van der Waals surface area (Å²) < 4.78 is 31.3. The number of hydrogen-bond donors (Lipinski definition) is 2. The number of aliphatic hydroxyl groups excluding tert-OH is 1. The third-order valence-electron chi connectivity index (χ3n) is 4.32. The normalized spacial score (nSPS) is 17.3. The van der Waals surface area contributed by atoms with Gasteiger partial charge >= 0.3 is 5.97 Å². The van der Waals surface area contributed by atoms with Crippen molar-refractivity contribution in [3.05, 3.63) is 28.2 Å². The molecule has 0 aromatic heterocycles. The van der Waals surface area contributed by atoms with Crippen LogP contribution < -0.4 is 5.32 Å². The van der Waals surface area contributed by atoms with Crippen molar-refractivity contribution in [2.75, 3.05) is 26.8 Å². The van der Waals surface area contributed by atoms with E-state index in [1.807, 2.05) is 0 Å². The monoisotopic (exact) mass is 438 g/mol. The van der Waals surface area contributed by atoms with E-state index in [0.29, 0.717) is 0 Å². The quantitative estimate of drug-likeness (QED) is 0.641. The van der Waals surface area contributed by atoms with Crippen molar-refractivity contribution in [3.63, 3.8) is 0 Å². The van der Waals surface area contributed by atoms with Gasteiger partial charge in [-0.1, -0.05) is 23.2 Å². The molecule has 1 heterocycles. The van der Waals surface area contributed by atoms with Crippen molar-refractivity contribution in [2.24, 2.45) is 5.92 Å². The highest BCUT2D eigenvalue weighted by Gasteiger charge is 2.34. The van der Waals surface area contributed by atoms with Crippen LogP contribution in [0.5, 0.6) is 0 Å². The number of rotatable bonds is 6. The Morgan fingerprint density at radius 1 is 1.33 bits per heavy atom. The number of benzene rings is 1. The Labute approximate surface area is 167 Å². The van der Waals surface area contributed by atoms with Crippen LogP contribution in [-0.2, 0) is 24.3 Å². The van der Waals surface area contributed by atoms with Gasteiger partial charge in [0, 0.05) is 24.0 Å². The SMILES string of the molecule is COC(=O)[C@@H](CO)NC(=O)C1CCN(S(=O)(=O)c2cc(Cl)ccc2Cl)CC1. The molecule has 1 fully saturated rings. The molecule has 11 heteroatoms. The molecule has 0 unspecified atom stereocenters. The summed E-state index contributed by atoms with van der Waals surface area (Å²) in [4.78, 5) is 23.7. The number of esters is 1. The number of piperidine rings is 1. The lowest BCUT2D eigenvalue weighted by Crippen LogP contribution is -2.49. The van der Waals surface area contributed by atoms with Gasteiger partial charge in [-0.05, 0) is 31.0 Å². The summed E-state index contributed by atoms with van der Waals surface area (Å²) in [7, 11) is -2.68. The minimum Gasteiger partial charge on any atom is -0.467 e. The van der Waals surface area contributed by atoms with Crippen molar-refractivity contribution in [3.8, 4) is 0 Å². The number of ether oxygens (including phenoxy) is 1. The van der Waals surface area contributed by atoms with Crippen LogP contribution in [0.1, 0.15) is 12.8 Å². The summed E-state index contributed by atoms with van der Waals surface area (Å²) in [6.07, 6.45) is 0.533. The minimum absolute atomic E-state index is 0.0723. The topological polar surface area (TPSA) is 113 Å². The molecule has 1 aromatic carbocycles. The van der Waals surface area contributed by atoms with Crippen LogP contribution in [0.4, 0.5) is 0 Å². The van der Waals surface area contributed by atoms with Gasteiger partial charge in [0.25, 0.3) is 0 Å². The van der Waals surface area contributed by atoms with Crippen LogP contribution in [0.3, 0.4) is 0 Å². The highest BCUT2D eigenvalue weighted by Crippen LogP contribution is 2.30. The zero-order chi connectivity index (χ0) is 20.2. The average Bonchev–Trinajstić information content (AvgIpc) is 2.67. The summed E-state index contributed by atoms with van der Waals surface area (Å²) in [5.74, 6) is -1.66. The predicted octanol–water partition coefficient (Wildman–Crippen LogP) is 1.04. The molecule has 27 heavy (non-hydrogen) atoms. The standard InChI is InChI=1S/C16H20Cl2N2O6S/c1-26-16(23)13(9-21)19-15(22)10-4-6-20(7-5-10)27(24,25)14-8-11(17)2-3-12(14)18/h2-3,8,10,13,21H,4-7,9H2,1H3,(H,19,22)/t13-/m1/s1. The van der Waals surface area contributed by atoms with Gasteiger partial charge in [-0.2, -0.15) is 4.31 Å². The second kappa shape index (κ2) is 9.20. The lowest BCUT2D eigenvalue weighted by atomic mass is 9.97. The fourth-order valence-corrected chi connectivity index (χ4v) is 4.99. The fraction of sp³-hybridized carbons (Fsp3) is 0.500. The molecule has 8 nitrogen and oxygen atoms in total. The summed E-state index contributed by atoms with van der Waals surface area (Å²) in [6.45, 7) is -0.352. The van der Waals surface area contributed by atoms with Gasteiger partial charge in [-0.15, -0.1) is 0 Å². The van der Waals surface area contributed by atoms with Gasteiger partial charge in [-0.25, -0.2) is 13.2 Å². The Balaban J connectivity index is 2.03. The Bertz CT molecular complexity index is 809. The molecular formula is C16H20Cl2N2O6S. The number of carbonyl (C=O) groups excluding carboxylic acids is 2. The second-order valence-electron chi connectivity index (χ2n) is 6.02. The van der Waals surface area contributed by atoms with Crippen LogP contribution in [0.15, 0.2) is 23.1 Å². The number of nitrogens with zero attached hydrogens (tertiary/aromatic N) is 1. The molecule has 1 aliphatic rings. The van der Waals surface area contributed by atoms with Crippen molar-refractivity contribution < 1.29 is 27.9 Å². The smallest absolute Gasteiger partial charge is 0.330 e. The number of aliphatic hydroxyl groups is 1. The van der Waals surface area contributed by atoms with Crippen molar-refractivity contribution in [1.82, 2.24) is 9.62 Å². The average molecular weight is 439 g/mol. The van der Waals surface area contributed by atoms with E-state index in [0.717, 1.165) is 7.11 Å². The molecule has 0 saturated carbocycles. The zero-order valence-electron chi connectivity index (χ0n) is 14.5. The number of sulfonamides is 1. The predicted molar refractivity (Wildman–Crippen MR) is 99.0 cm³/mol. The van der Waals surface area contributed by atoms with Crippen LogP contribution in [-0.4, -0.2) is 62.6 Å². The van der Waals surface area contributed by atoms with Gasteiger partial charge in [-0.3, -0.25) is 4.79 Å². The minimum atomic E-state index is -3.84. The summed E-state index contributed by atoms with van der Waals surface area (Å²) in [6, 6.07) is 3.06. The van der Waals surface area contributed by atoms with Crippen LogP contribution in [0, 0.1) is 5.92 Å². The van der Waals surface area contributed by atoms with E-state index < -0.39 is 40.5 Å². The van der Waals surface area contributed by atoms with Gasteiger partial charge in [0.05, 0.1) is 18.7 Å². The first kappa shape index (κ1) is 21.9. The summed E-state index contributed by atoms with van der Waals surface area (Å²) in [5.41, 5.74) is 0. The van der Waals surface area contributed by atoms with Crippen molar-refractivity contribution in [2.45, 2.75) is 23.8 Å². The largest absolute Gasteiger partial charge is 0.467 e. The summed E-state index contributed by atoms with van der Waals surface area (Å²) in [5, 5.41) is 11.9. The zero-order valence-corrected chi connectivity index (χ0v) is 16.9. The molecule has 1 saturated heterocycles. The van der Waals surface area contributed by atoms with E-state index in [4.69, 9.17) is 23.2 Å². The number of halogens is 2. The van der Waals surface area contributed by atoms with E-state index in [1.54, 1.807) is 0 Å². The molecule has 2 N–H and O–H groups in total. The molecule has 1 atom stereocenters. The molecule has 150 valence electrons. The molecule has 2 rings (SSSR count). The van der Waals surface area contributed by atoms with E-state index >= 15 is 0 Å². The van der Waals surface area contributed by atoms with Gasteiger partial charge < -0.3 is 15.2 Å². The molecule has 1 amide bonds. The molecule has 0 radical (unpaired) electrons. The molecule has 1 aromatic rings. The highest BCUT2D eigenvalue weighted by atomic mass is 35.5. The molecule has 0 aliphatic carbocycles. The van der Waals surface area contributed by atoms with Crippen molar-refractivity contribution in [1.29, 1.82) is 0 Å².